The second-order valence-electron chi connectivity index (χ2n) is 5.68. The van der Waals surface area contributed by atoms with Crippen LogP contribution >= 0.6 is 0 Å². The minimum atomic E-state index is -0.0125. The SMILES string of the molecule is O=C(c1ccccc1)N1Cc2ccccc2C#Cc2ccccc21. The van der Waals surface area contributed by atoms with Crippen LogP contribution in [0.5, 0.6) is 0 Å². The quantitative estimate of drug-likeness (QED) is 0.616. The first-order valence-corrected chi connectivity index (χ1v) is 7.89. The smallest absolute Gasteiger partial charge is 0.258 e. The summed E-state index contributed by atoms with van der Waals surface area (Å²) in [5, 5.41) is 0. The number of fused-ring (bicyclic) bond motifs is 2. The van der Waals surface area contributed by atoms with Gasteiger partial charge in [0.1, 0.15) is 0 Å². The third-order valence-corrected chi connectivity index (χ3v) is 4.14. The minimum Gasteiger partial charge on any atom is -0.303 e. The molecule has 2 heteroatoms. The molecule has 4 rings (SSSR count). The number of carbonyl (C=O) groups excluding carboxylic acids is 1. The zero-order valence-corrected chi connectivity index (χ0v) is 13.1. The molecule has 0 N–H and O–H groups in total. The molecule has 1 amide bonds. The van der Waals surface area contributed by atoms with Crippen LogP contribution in [-0.2, 0) is 6.54 Å². The summed E-state index contributed by atoms with van der Waals surface area (Å²) in [6, 6.07) is 25.2. The van der Waals surface area contributed by atoms with Crippen LogP contribution in [0.4, 0.5) is 5.69 Å². The largest absolute Gasteiger partial charge is 0.303 e. The number of benzene rings is 3. The van der Waals surface area contributed by atoms with Gasteiger partial charge in [0.15, 0.2) is 0 Å². The van der Waals surface area contributed by atoms with Crippen LogP contribution in [0, 0.1) is 11.8 Å². The Morgan fingerprint density at radius 1 is 0.750 bits per heavy atom. The van der Waals surface area contributed by atoms with E-state index >= 15 is 0 Å². The molecule has 0 unspecified atom stereocenters. The fourth-order valence-electron chi connectivity index (χ4n) is 2.90. The molecule has 3 aromatic rings. The Morgan fingerprint density at radius 3 is 2.21 bits per heavy atom. The van der Waals surface area contributed by atoms with E-state index in [0.717, 1.165) is 22.4 Å². The third kappa shape index (κ3) is 2.57. The van der Waals surface area contributed by atoms with Crippen LogP contribution in [0.3, 0.4) is 0 Å². The molecule has 3 aromatic carbocycles. The molecular weight excluding hydrogens is 294 g/mol. The highest BCUT2D eigenvalue weighted by atomic mass is 16.2. The molecule has 1 aliphatic heterocycles. The Labute approximate surface area is 141 Å². The van der Waals surface area contributed by atoms with Crippen LogP contribution in [-0.4, -0.2) is 5.91 Å². The number of carbonyl (C=O) groups is 1. The molecule has 114 valence electrons. The van der Waals surface area contributed by atoms with Crippen molar-refractivity contribution in [2.24, 2.45) is 0 Å². The van der Waals surface area contributed by atoms with E-state index in [1.165, 1.54) is 0 Å². The van der Waals surface area contributed by atoms with Crippen molar-refractivity contribution in [2.75, 3.05) is 4.90 Å². The van der Waals surface area contributed by atoms with Crippen LogP contribution < -0.4 is 4.90 Å². The second-order valence-corrected chi connectivity index (χ2v) is 5.68. The van der Waals surface area contributed by atoms with Gasteiger partial charge >= 0.3 is 0 Å². The maximum absolute atomic E-state index is 13.1. The van der Waals surface area contributed by atoms with Crippen LogP contribution in [0.2, 0.25) is 0 Å². The Kier molecular flexibility index (Phi) is 3.61. The number of para-hydroxylation sites is 1. The van der Waals surface area contributed by atoms with Crippen molar-refractivity contribution in [2.45, 2.75) is 6.54 Å². The van der Waals surface area contributed by atoms with E-state index in [-0.39, 0.29) is 5.91 Å². The highest BCUT2D eigenvalue weighted by Gasteiger charge is 2.22. The normalized spacial score (nSPS) is 12.1. The number of hydrogen-bond donors (Lipinski definition) is 0. The second kappa shape index (κ2) is 6.06. The van der Waals surface area contributed by atoms with Gasteiger partial charge < -0.3 is 4.90 Å². The molecule has 0 radical (unpaired) electrons. The molecule has 0 saturated carbocycles. The van der Waals surface area contributed by atoms with E-state index in [0.29, 0.717) is 12.1 Å². The van der Waals surface area contributed by atoms with Gasteiger partial charge in [0.05, 0.1) is 12.2 Å². The first kappa shape index (κ1) is 14.3. The summed E-state index contributed by atoms with van der Waals surface area (Å²) >= 11 is 0. The molecule has 0 atom stereocenters. The Morgan fingerprint density at radius 2 is 1.38 bits per heavy atom. The number of hydrogen-bond acceptors (Lipinski definition) is 1. The lowest BCUT2D eigenvalue weighted by Crippen LogP contribution is -2.31. The topological polar surface area (TPSA) is 20.3 Å². The number of nitrogens with zero attached hydrogens (tertiary/aromatic N) is 1. The molecule has 0 saturated heterocycles. The van der Waals surface area contributed by atoms with Crippen LogP contribution in [0.25, 0.3) is 0 Å². The zero-order valence-electron chi connectivity index (χ0n) is 13.1. The molecule has 2 nitrogen and oxygen atoms in total. The first-order chi connectivity index (χ1) is 11.8. The van der Waals surface area contributed by atoms with Crippen LogP contribution in [0.15, 0.2) is 78.9 Å². The van der Waals surface area contributed by atoms with Gasteiger partial charge in [-0.1, -0.05) is 60.4 Å². The fourth-order valence-corrected chi connectivity index (χ4v) is 2.90. The summed E-state index contributed by atoms with van der Waals surface area (Å²) in [6.45, 7) is 0.510. The molecule has 0 spiro atoms. The van der Waals surface area contributed by atoms with Crippen molar-refractivity contribution in [1.29, 1.82) is 0 Å². The summed E-state index contributed by atoms with van der Waals surface area (Å²) in [7, 11) is 0. The summed E-state index contributed by atoms with van der Waals surface area (Å²) < 4.78 is 0. The fraction of sp³-hybridized carbons (Fsp3) is 0.0455. The van der Waals surface area contributed by atoms with E-state index in [2.05, 4.69) is 11.8 Å². The van der Waals surface area contributed by atoms with E-state index in [1.54, 1.807) is 0 Å². The molecule has 0 aromatic heterocycles. The van der Waals surface area contributed by atoms with Gasteiger partial charge in [-0.2, -0.15) is 0 Å². The Bertz CT molecular complexity index is 964. The highest BCUT2D eigenvalue weighted by molar-refractivity contribution is 6.06. The van der Waals surface area contributed by atoms with Crippen molar-refractivity contribution in [1.82, 2.24) is 0 Å². The maximum Gasteiger partial charge on any atom is 0.258 e. The van der Waals surface area contributed by atoms with Gasteiger partial charge in [-0.15, -0.1) is 0 Å². The third-order valence-electron chi connectivity index (χ3n) is 4.14. The van der Waals surface area contributed by atoms with E-state index in [1.807, 2.05) is 83.8 Å². The molecule has 0 fully saturated rings. The lowest BCUT2D eigenvalue weighted by atomic mass is 10.0. The van der Waals surface area contributed by atoms with Crippen LogP contribution in [0.1, 0.15) is 27.0 Å². The predicted octanol–water partition coefficient (Wildman–Crippen LogP) is 4.25. The van der Waals surface area contributed by atoms with Gasteiger partial charge in [0, 0.05) is 16.7 Å². The standard InChI is InChI=1S/C22H15NO/c24-22(19-10-2-1-3-11-19)23-16-20-12-5-4-8-17(20)14-15-18-9-6-7-13-21(18)23/h1-13H,16H2. The summed E-state index contributed by atoms with van der Waals surface area (Å²) in [6.07, 6.45) is 0. The molecule has 0 bridgehead atoms. The Hall–Kier alpha value is -3.31. The first-order valence-electron chi connectivity index (χ1n) is 7.89. The molecule has 1 heterocycles. The maximum atomic E-state index is 13.1. The van der Waals surface area contributed by atoms with E-state index in [9.17, 15) is 4.79 Å². The van der Waals surface area contributed by atoms with Crippen molar-refractivity contribution in [3.63, 3.8) is 0 Å². The summed E-state index contributed by atoms with van der Waals surface area (Å²) in [5.41, 5.74) is 4.43. The van der Waals surface area contributed by atoms with Crippen molar-refractivity contribution < 1.29 is 4.79 Å². The summed E-state index contributed by atoms with van der Waals surface area (Å²) in [4.78, 5) is 14.9. The van der Waals surface area contributed by atoms with E-state index < -0.39 is 0 Å². The minimum absolute atomic E-state index is 0.0125. The predicted molar refractivity (Wildman–Crippen MR) is 95.8 cm³/mol. The van der Waals surface area contributed by atoms with Gasteiger partial charge in [-0.05, 0) is 35.9 Å². The highest BCUT2D eigenvalue weighted by Crippen LogP contribution is 2.26. The van der Waals surface area contributed by atoms with Gasteiger partial charge in [-0.25, -0.2) is 0 Å². The molecule has 0 aliphatic carbocycles. The van der Waals surface area contributed by atoms with Gasteiger partial charge in [-0.3, -0.25) is 4.79 Å². The summed E-state index contributed by atoms with van der Waals surface area (Å²) in [5.74, 6) is 6.43. The Balaban J connectivity index is 1.88. The average Bonchev–Trinajstić information content (AvgIpc) is 2.64. The van der Waals surface area contributed by atoms with Gasteiger partial charge in [0.25, 0.3) is 5.91 Å². The monoisotopic (exact) mass is 309 g/mol. The van der Waals surface area contributed by atoms with Gasteiger partial charge in [0.2, 0.25) is 0 Å². The lowest BCUT2D eigenvalue weighted by molar-refractivity contribution is 0.0985. The average molecular weight is 309 g/mol. The number of amides is 1. The van der Waals surface area contributed by atoms with Crippen molar-refractivity contribution in [3.8, 4) is 11.8 Å². The molecule has 1 aliphatic rings. The van der Waals surface area contributed by atoms with Crippen molar-refractivity contribution in [3.05, 3.63) is 101 Å². The van der Waals surface area contributed by atoms with E-state index in [4.69, 9.17) is 0 Å². The zero-order chi connectivity index (χ0) is 16.4. The number of rotatable bonds is 1. The number of anilines is 1. The molecular formula is C22H15NO. The molecule has 24 heavy (non-hydrogen) atoms. The lowest BCUT2D eigenvalue weighted by Gasteiger charge is -2.26. The van der Waals surface area contributed by atoms with Crippen molar-refractivity contribution >= 4 is 11.6 Å².